The number of carbonyl (C=O) groups is 2. The molecule has 23 heavy (non-hydrogen) atoms. The van der Waals surface area contributed by atoms with E-state index in [1.807, 2.05) is 30.3 Å². The van der Waals surface area contributed by atoms with Crippen molar-refractivity contribution in [1.29, 1.82) is 0 Å². The number of amides is 1. The maximum absolute atomic E-state index is 14.0. The van der Waals surface area contributed by atoms with Gasteiger partial charge in [0.25, 0.3) is 0 Å². The van der Waals surface area contributed by atoms with Gasteiger partial charge in [0.1, 0.15) is 12.8 Å². The Kier molecular flexibility index (Phi) is 5.58. The molecule has 1 aliphatic heterocycles. The van der Waals surface area contributed by atoms with Crippen molar-refractivity contribution in [2.45, 2.75) is 33.0 Å². The van der Waals surface area contributed by atoms with Gasteiger partial charge in [-0.25, -0.2) is 9.18 Å². The summed E-state index contributed by atoms with van der Waals surface area (Å²) in [6.45, 7) is 3.69. The predicted octanol–water partition coefficient (Wildman–Crippen LogP) is 2.94. The van der Waals surface area contributed by atoms with Crippen LogP contribution in [0, 0.1) is 5.41 Å². The van der Waals surface area contributed by atoms with E-state index < -0.39 is 23.6 Å². The molecule has 5 nitrogen and oxygen atoms in total. The number of likely N-dealkylation sites (tertiary alicyclic amines) is 1. The molecule has 1 aliphatic rings. The molecule has 1 fully saturated rings. The van der Waals surface area contributed by atoms with Crippen molar-refractivity contribution in [2.24, 2.45) is 5.41 Å². The maximum atomic E-state index is 14.0. The molecule has 1 aromatic carbocycles. The molecule has 2 rings (SSSR count). The highest BCUT2D eigenvalue weighted by Crippen LogP contribution is 2.32. The quantitative estimate of drug-likeness (QED) is 0.800. The summed E-state index contributed by atoms with van der Waals surface area (Å²) in [5.41, 5.74) is -0.192. The molecule has 1 heterocycles. The zero-order valence-corrected chi connectivity index (χ0v) is 13.5. The molecule has 0 aromatic heterocycles. The van der Waals surface area contributed by atoms with E-state index >= 15 is 0 Å². The molecule has 1 amide bonds. The van der Waals surface area contributed by atoms with Crippen LogP contribution in [0.2, 0.25) is 0 Å². The zero-order valence-electron chi connectivity index (χ0n) is 13.5. The maximum Gasteiger partial charge on any atom is 0.410 e. The fraction of sp³-hybridized carbons (Fsp3) is 0.529. The van der Waals surface area contributed by atoms with Gasteiger partial charge in [-0.15, -0.1) is 0 Å². The lowest BCUT2D eigenvalue weighted by Gasteiger charge is -2.39. The monoisotopic (exact) mass is 323 g/mol. The molecule has 0 radical (unpaired) electrons. The Hall–Kier alpha value is -2.11. The van der Waals surface area contributed by atoms with E-state index in [4.69, 9.17) is 9.47 Å². The van der Waals surface area contributed by atoms with Gasteiger partial charge in [-0.1, -0.05) is 30.3 Å². The SMILES string of the molecule is CCOC(=O)C1(C)C[C@@H](F)CN(C(=O)OCc2ccccc2)C1. The lowest BCUT2D eigenvalue weighted by molar-refractivity contribution is -0.159. The summed E-state index contributed by atoms with van der Waals surface area (Å²) >= 11 is 0. The van der Waals surface area contributed by atoms with E-state index in [2.05, 4.69) is 0 Å². The van der Waals surface area contributed by atoms with Gasteiger partial charge in [-0.05, 0) is 25.8 Å². The molecule has 1 saturated heterocycles. The molecule has 1 aromatic rings. The number of hydrogen-bond acceptors (Lipinski definition) is 4. The number of halogens is 1. The third kappa shape index (κ3) is 4.43. The van der Waals surface area contributed by atoms with Gasteiger partial charge in [0.15, 0.2) is 0 Å². The molecule has 0 N–H and O–H groups in total. The van der Waals surface area contributed by atoms with Crippen LogP contribution >= 0.6 is 0 Å². The lowest BCUT2D eigenvalue weighted by Crippen LogP contribution is -2.53. The number of esters is 1. The van der Waals surface area contributed by atoms with Crippen molar-refractivity contribution in [3.05, 3.63) is 35.9 Å². The second-order valence-corrected chi connectivity index (χ2v) is 6.00. The molecule has 0 spiro atoms. The van der Waals surface area contributed by atoms with Crippen molar-refractivity contribution >= 4 is 12.1 Å². The number of carbonyl (C=O) groups excluding carboxylic acids is 2. The first-order valence-electron chi connectivity index (χ1n) is 7.71. The smallest absolute Gasteiger partial charge is 0.410 e. The van der Waals surface area contributed by atoms with E-state index in [0.29, 0.717) is 0 Å². The summed E-state index contributed by atoms with van der Waals surface area (Å²) < 4.78 is 24.2. The minimum atomic E-state index is -1.28. The standard InChI is InChI=1S/C17H22FNO4/c1-3-22-15(20)17(2)9-14(18)10-19(12-17)16(21)23-11-13-7-5-4-6-8-13/h4-8,14H,3,9-12H2,1-2H3/t14-,17?/m1/s1. The van der Waals surface area contributed by atoms with E-state index in [-0.39, 0.29) is 32.7 Å². The zero-order chi connectivity index (χ0) is 16.9. The third-order valence-corrected chi connectivity index (χ3v) is 3.86. The van der Waals surface area contributed by atoms with Crippen molar-refractivity contribution in [3.63, 3.8) is 0 Å². The van der Waals surface area contributed by atoms with Crippen molar-refractivity contribution in [1.82, 2.24) is 4.90 Å². The van der Waals surface area contributed by atoms with Gasteiger partial charge in [0.05, 0.1) is 18.6 Å². The molecule has 2 atom stereocenters. The van der Waals surface area contributed by atoms with Gasteiger partial charge >= 0.3 is 12.1 Å². The molecule has 126 valence electrons. The summed E-state index contributed by atoms with van der Waals surface area (Å²) in [5.74, 6) is -0.483. The summed E-state index contributed by atoms with van der Waals surface area (Å²) in [4.78, 5) is 25.5. The number of nitrogens with zero attached hydrogens (tertiary/aromatic N) is 1. The summed E-state index contributed by atoms with van der Waals surface area (Å²) in [6.07, 6.45) is -1.84. The number of ether oxygens (including phenoxy) is 2. The Labute approximate surface area is 135 Å². The molecular formula is C17H22FNO4. The number of benzene rings is 1. The van der Waals surface area contributed by atoms with Crippen LogP contribution in [0.25, 0.3) is 0 Å². The summed E-state index contributed by atoms with van der Waals surface area (Å²) in [7, 11) is 0. The highest BCUT2D eigenvalue weighted by Gasteiger charge is 2.45. The van der Waals surface area contributed by atoms with E-state index in [0.717, 1.165) is 5.56 Å². The lowest BCUT2D eigenvalue weighted by atomic mass is 9.81. The average molecular weight is 323 g/mol. The Morgan fingerprint density at radius 3 is 2.65 bits per heavy atom. The largest absolute Gasteiger partial charge is 0.466 e. The first-order chi connectivity index (χ1) is 10.9. The Balaban J connectivity index is 1.98. The molecule has 0 aliphatic carbocycles. The normalized spacial score (nSPS) is 24.1. The van der Waals surface area contributed by atoms with Crippen LogP contribution < -0.4 is 0 Å². The van der Waals surface area contributed by atoms with Crippen molar-refractivity contribution < 1.29 is 23.5 Å². The second-order valence-electron chi connectivity index (χ2n) is 6.00. The second kappa shape index (κ2) is 7.44. The number of hydrogen-bond donors (Lipinski definition) is 0. The molecule has 0 saturated carbocycles. The van der Waals surface area contributed by atoms with Crippen LogP contribution in [-0.4, -0.2) is 42.8 Å². The van der Waals surface area contributed by atoms with Gasteiger partial charge in [-0.3, -0.25) is 4.79 Å². The molecule has 0 bridgehead atoms. The highest BCUT2D eigenvalue weighted by molar-refractivity contribution is 5.78. The summed E-state index contributed by atoms with van der Waals surface area (Å²) in [6, 6.07) is 9.24. The topological polar surface area (TPSA) is 55.8 Å². The van der Waals surface area contributed by atoms with Crippen LogP contribution in [0.3, 0.4) is 0 Å². The van der Waals surface area contributed by atoms with E-state index in [1.165, 1.54) is 4.90 Å². The van der Waals surface area contributed by atoms with Crippen LogP contribution in [0.4, 0.5) is 9.18 Å². The molecule has 1 unspecified atom stereocenters. The highest BCUT2D eigenvalue weighted by atomic mass is 19.1. The average Bonchev–Trinajstić information content (AvgIpc) is 2.53. The van der Waals surface area contributed by atoms with E-state index in [1.54, 1.807) is 13.8 Å². The van der Waals surface area contributed by atoms with Gasteiger partial charge in [0.2, 0.25) is 0 Å². The number of rotatable bonds is 4. The van der Waals surface area contributed by atoms with Crippen molar-refractivity contribution in [3.8, 4) is 0 Å². The fourth-order valence-electron chi connectivity index (χ4n) is 2.75. The third-order valence-electron chi connectivity index (χ3n) is 3.86. The Morgan fingerprint density at radius 1 is 1.30 bits per heavy atom. The Morgan fingerprint density at radius 2 is 2.00 bits per heavy atom. The van der Waals surface area contributed by atoms with E-state index in [9.17, 15) is 14.0 Å². The van der Waals surface area contributed by atoms with Gasteiger partial charge in [-0.2, -0.15) is 0 Å². The minimum absolute atomic E-state index is 0.0499. The Bertz CT molecular complexity index is 551. The number of piperidine rings is 1. The van der Waals surface area contributed by atoms with Crippen LogP contribution in [-0.2, 0) is 20.9 Å². The first-order valence-corrected chi connectivity index (χ1v) is 7.71. The molecular weight excluding hydrogens is 301 g/mol. The van der Waals surface area contributed by atoms with Crippen LogP contribution in [0.15, 0.2) is 30.3 Å². The number of alkyl halides is 1. The fourth-order valence-corrected chi connectivity index (χ4v) is 2.75. The van der Waals surface area contributed by atoms with Crippen LogP contribution in [0.5, 0.6) is 0 Å². The predicted molar refractivity (Wildman–Crippen MR) is 82.5 cm³/mol. The van der Waals surface area contributed by atoms with Gasteiger partial charge in [0, 0.05) is 6.54 Å². The minimum Gasteiger partial charge on any atom is -0.466 e. The van der Waals surface area contributed by atoms with Crippen molar-refractivity contribution in [2.75, 3.05) is 19.7 Å². The van der Waals surface area contributed by atoms with Gasteiger partial charge < -0.3 is 14.4 Å². The van der Waals surface area contributed by atoms with Crippen LogP contribution in [0.1, 0.15) is 25.8 Å². The first kappa shape index (κ1) is 17.2. The molecule has 6 heteroatoms. The summed E-state index contributed by atoms with van der Waals surface area (Å²) in [5, 5.41) is 0.